The topological polar surface area (TPSA) is 142 Å². The van der Waals surface area contributed by atoms with Crippen molar-refractivity contribution < 1.29 is 45.4 Å². The third-order valence-corrected chi connectivity index (χ3v) is 3.42. The van der Waals surface area contributed by atoms with E-state index in [1.165, 1.54) is 11.4 Å². The van der Waals surface area contributed by atoms with Gasteiger partial charge in [-0.15, -0.1) is 24.2 Å². The van der Waals surface area contributed by atoms with Crippen LogP contribution in [-0.2, 0) is 16.5 Å². The van der Waals surface area contributed by atoms with Crippen molar-refractivity contribution in [2.45, 2.75) is 65.5 Å². The number of halogens is 1. The Hall–Kier alpha value is -0.116. The molecule has 0 aromatic rings. The van der Waals surface area contributed by atoms with E-state index in [0.717, 1.165) is 39.0 Å². The second kappa shape index (κ2) is 12.4. The van der Waals surface area contributed by atoms with Crippen LogP contribution in [0.15, 0.2) is 9.98 Å². The Morgan fingerprint density at radius 1 is 0.846 bits per heavy atom. The minimum absolute atomic E-state index is 0. The van der Waals surface area contributed by atoms with Crippen LogP contribution < -0.4 is 14.0 Å². The van der Waals surface area contributed by atoms with Crippen LogP contribution in [0.5, 0.6) is 0 Å². The van der Waals surface area contributed by atoms with E-state index in [1.54, 1.807) is 0 Å². The fourth-order valence-electron chi connectivity index (χ4n) is 2.66. The maximum Gasteiger partial charge on any atom is 2.00 e. The van der Waals surface area contributed by atoms with Crippen molar-refractivity contribution in [1.29, 1.82) is 0 Å². The van der Waals surface area contributed by atoms with E-state index >= 15 is 0 Å². The van der Waals surface area contributed by atoms with E-state index in [0.29, 0.717) is 0 Å². The average Bonchev–Trinajstić information content (AvgIpc) is 2.36. The van der Waals surface area contributed by atoms with Gasteiger partial charge in [0.1, 0.15) is 0 Å². The smallest absolute Gasteiger partial charge is 0.655 e. The van der Waals surface area contributed by atoms with E-state index in [-0.39, 0.29) is 27.6 Å². The average molecular weight is 438 g/mol. The number of hydrogen-bond donors (Lipinski definition) is 1. The van der Waals surface area contributed by atoms with Gasteiger partial charge < -0.3 is 10.6 Å². The Balaban J connectivity index is 0. The monoisotopic (exact) mass is 436 g/mol. The fraction of sp³-hybridized carbons (Fsp3) is 0.875. The fourth-order valence-corrected chi connectivity index (χ4v) is 2.66. The van der Waals surface area contributed by atoms with Gasteiger partial charge in [-0.1, -0.05) is 27.7 Å². The standard InChI is InChI=1S/C16H30N4.ClHO4.Ni/c1-13-11-15(3,4)19-10-8-18-14(2)12-16(5,6)20-9-7-17-13;2-1(3,4)5;/h7-12H2,1-6H3;(H,2,3,4,5);/q-2;;+2. The molecule has 1 N–H and O–H groups in total. The van der Waals surface area contributed by atoms with Gasteiger partial charge in [0.15, 0.2) is 0 Å². The third-order valence-electron chi connectivity index (χ3n) is 3.42. The maximum absolute atomic E-state index is 8.60. The SMILES string of the molecule is CC1=NCC[N-]C(C)(C)CC(C)=NCC[N-]C(C)(C)C1.[Ni+2].[O-][Cl+3]([O-])([O-])O. The Morgan fingerprint density at radius 3 is 1.38 bits per heavy atom. The first-order chi connectivity index (χ1) is 11.2. The van der Waals surface area contributed by atoms with Gasteiger partial charge >= 0.3 is 16.5 Å². The Kier molecular flexibility index (Phi) is 13.4. The van der Waals surface area contributed by atoms with Crippen molar-refractivity contribution in [3.05, 3.63) is 10.6 Å². The summed E-state index contributed by atoms with van der Waals surface area (Å²) in [4.78, 5) is 9.25. The summed E-state index contributed by atoms with van der Waals surface area (Å²) >= 11 is 0. The molecule has 0 unspecified atom stereocenters. The summed E-state index contributed by atoms with van der Waals surface area (Å²) in [5.41, 5.74) is 2.25. The van der Waals surface area contributed by atoms with Crippen LogP contribution in [0, 0.1) is 10.2 Å². The van der Waals surface area contributed by atoms with Crippen LogP contribution >= 0.6 is 0 Å². The van der Waals surface area contributed by atoms with Crippen molar-refractivity contribution in [2.24, 2.45) is 9.98 Å². The van der Waals surface area contributed by atoms with Crippen LogP contribution in [-0.4, -0.2) is 53.3 Å². The molecule has 0 fully saturated rings. The van der Waals surface area contributed by atoms with Crippen LogP contribution in [0.1, 0.15) is 54.4 Å². The van der Waals surface area contributed by atoms with E-state index in [9.17, 15) is 0 Å². The Bertz CT molecular complexity index is 424. The van der Waals surface area contributed by atoms with Crippen LogP contribution in [0.3, 0.4) is 0 Å². The third kappa shape index (κ3) is 18.7. The van der Waals surface area contributed by atoms with Crippen molar-refractivity contribution in [2.75, 3.05) is 26.2 Å². The molecule has 1 aliphatic rings. The number of aliphatic imine (C=N–C) groups is 2. The molecule has 0 atom stereocenters. The largest absolute Gasteiger partial charge is 2.00 e. The molecule has 0 aliphatic carbocycles. The molecule has 10 heteroatoms. The van der Waals surface area contributed by atoms with Gasteiger partial charge in [-0.2, -0.15) is 14.0 Å². The normalized spacial score (nSPS) is 21.8. The molecule has 1 rings (SSSR count). The van der Waals surface area contributed by atoms with Gasteiger partial charge in [0.25, 0.3) is 0 Å². The summed E-state index contributed by atoms with van der Waals surface area (Å²) in [5, 5.41) is 9.51. The summed E-state index contributed by atoms with van der Waals surface area (Å²) in [6, 6.07) is 0. The number of hydrogen-bond acceptors (Lipinski definition) is 6. The Morgan fingerprint density at radius 2 is 1.12 bits per heavy atom. The maximum atomic E-state index is 8.60. The summed E-state index contributed by atoms with van der Waals surface area (Å²) in [5.74, 6) is 0. The van der Waals surface area contributed by atoms with Crippen LogP contribution in [0.2, 0.25) is 0 Å². The first-order valence-corrected chi connectivity index (χ1v) is 9.47. The zero-order valence-corrected chi connectivity index (χ0v) is 18.1. The second-order valence-electron chi connectivity index (χ2n) is 7.37. The van der Waals surface area contributed by atoms with Crippen LogP contribution in [0.25, 0.3) is 10.6 Å². The van der Waals surface area contributed by atoms with Gasteiger partial charge in [-0.25, -0.2) is 0 Å². The molecule has 0 amide bonds. The van der Waals surface area contributed by atoms with Crippen molar-refractivity contribution in [3.63, 3.8) is 0 Å². The van der Waals surface area contributed by atoms with E-state index in [4.69, 9.17) is 29.3 Å². The zero-order chi connectivity index (χ0) is 19.7. The summed E-state index contributed by atoms with van der Waals surface area (Å²) in [6.45, 7) is 16.0. The summed E-state index contributed by atoms with van der Waals surface area (Å²) < 4.78 is 32.7. The van der Waals surface area contributed by atoms with Crippen molar-refractivity contribution in [3.8, 4) is 0 Å². The molecule has 0 aromatic carbocycles. The van der Waals surface area contributed by atoms with Gasteiger partial charge in [-0.05, 0) is 26.7 Å². The molecule has 1 heterocycles. The Labute approximate surface area is 169 Å². The van der Waals surface area contributed by atoms with Gasteiger partial charge in [0.05, 0.1) is 14.9 Å². The molecule has 0 aromatic heterocycles. The minimum Gasteiger partial charge on any atom is -0.655 e. The predicted octanol–water partition coefficient (Wildman–Crippen LogP) is -0.120. The molecule has 0 bridgehead atoms. The van der Waals surface area contributed by atoms with Crippen molar-refractivity contribution in [1.82, 2.24) is 0 Å². The molecule has 156 valence electrons. The molecular weight excluding hydrogens is 406 g/mol. The molecule has 1 aliphatic heterocycles. The summed E-state index contributed by atoms with van der Waals surface area (Å²) in [6.07, 6.45) is 1.83. The van der Waals surface area contributed by atoms with Crippen LogP contribution in [0.4, 0.5) is 0 Å². The van der Waals surface area contributed by atoms with Gasteiger partial charge in [0, 0.05) is 24.5 Å². The summed E-state index contributed by atoms with van der Waals surface area (Å²) in [7, 11) is -4.69. The molecule has 0 spiro atoms. The molecular formula is C16H31ClN4NiO4. The first kappa shape index (κ1) is 28.1. The molecule has 0 saturated carbocycles. The van der Waals surface area contributed by atoms with E-state index in [2.05, 4.69) is 51.5 Å². The zero-order valence-electron chi connectivity index (χ0n) is 16.4. The van der Waals surface area contributed by atoms with E-state index in [1.807, 2.05) is 0 Å². The second-order valence-corrected chi connectivity index (χ2v) is 8.16. The van der Waals surface area contributed by atoms with Gasteiger partial charge in [0.2, 0.25) is 0 Å². The molecule has 0 saturated heterocycles. The number of rotatable bonds is 0. The van der Waals surface area contributed by atoms with Crippen molar-refractivity contribution >= 4 is 11.4 Å². The predicted molar refractivity (Wildman–Crippen MR) is 92.0 cm³/mol. The quantitative estimate of drug-likeness (QED) is 0.527. The molecule has 0 radical (unpaired) electrons. The van der Waals surface area contributed by atoms with E-state index < -0.39 is 10.2 Å². The minimum atomic E-state index is -4.69. The molecule has 8 nitrogen and oxygen atoms in total. The first-order valence-electron chi connectivity index (χ1n) is 8.21. The van der Waals surface area contributed by atoms with Gasteiger partial charge in [-0.3, -0.25) is 9.98 Å². The molecule has 26 heavy (non-hydrogen) atoms. The number of nitrogens with zero attached hydrogens (tertiary/aromatic N) is 4.